The molecule has 2 atom stereocenters. The van der Waals surface area contributed by atoms with Crippen LogP contribution in [0.25, 0.3) is 0 Å². The summed E-state index contributed by atoms with van der Waals surface area (Å²) >= 11 is 0. The van der Waals surface area contributed by atoms with E-state index in [-0.39, 0.29) is 23.4 Å². The van der Waals surface area contributed by atoms with Crippen LogP contribution in [0.4, 0.5) is 4.79 Å². The van der Waals surface area contributed by atoms with Gasteiger partial charge in [-0.2, -0.15) is 0 Å². The highest BCUT2D eigenvalue weighted by Crippen LogP contribution is 2.28. The van der Waals surface area contributed by atoms with Gasteiger partial charge in [0, 0.05) is 25.8 Å². The Morgan fingerprint density at radius 2 is 1.88 bits per heavy atom. The van der Waals surface area contributed by atoms with E-state index in [9.17, 15) is 18.0 Å². The maximum atomic E-state index is 13.4. The minimum Gasteiger partial charge on any atom is -0.316 e. The number of allylic oxidation sites excluding steroid dienone is 2. The van der Waals surface area contributed by atoms with Gasteiger partial charge >= 0.3 is 6.03 Å². The van der Waals surface area contributed by atoms with E-state index in [1.54, 1.807) is 11.1 Å². The fourth-order valence-corrected chi connectivity index (χ4v) is 6.58. The average molecular weight is 469 g/mol. The molecule has 2 unspecified atom stereocenters. The molecule has 0 aliphatic carbocycles. The van der Waals surface area contributed by atoms with E-state index < -0.39 is 21.9 Å². The first kappa shape index (κ1) is 21.9. The first-order valence-electron chi connectivity index (χ1n) is 11.3. The molecule has 4 heterocycles. The summed E-state index contributed by atoms with van der Waals surface area (Å²) < 4.78 is 24.0. The number of urea groups is 1. The molecule has 3 amide bonds. The number of carbonyl (C=O) groups is 2. The van der Waals surface area contributed by atoms with Crippen molar-refractivity contribution in [1.29, 1.82) is 0 Å². The largest absolute Gasteiger partial charge is 0.319 e. The highest BCUT2D eigenvalue weighted by atomic mass is 32.2. The van der Waals surface area contributed by atoms with Gasteiger partial charge in [0.05, 0.1) is 17.4 Å². The van der Waals surface area contributed by atoms with Crippen LogP contribution in [0.3, 0.4) is 0 Å². The monoisotopic (exact) mass is 468 g/mol. The first-order valence-corrected chi connectivity index (χ1v) is 13.2. The lowest BCUT2D eigenvalue weighted by atomic mass is 9.97. The van der Waals surface area contributed by atoms with Gasteiger partial charge in [0.25, 0.3) is 0 Å². The lowest BCUT2D eigenvalue weighted by molar-refractivity contribution is -0.133. The van der Waals surface area contributed by atoms with Crippen LogP contribution >= 0.6 is 0 Å². The van der Waals surface area contributed by atoms with Crippen LogP contribution in [-0.4, -0.2) is 60.9 Å². The number of amides is 3. The summed E-state index contributed by atoms with van der Waals surface area (Å²) in [5.41, 5.74) is 4.30. The second kappa shape index (κ2) is 8.79. The van der Waals surface area contributed by atoms with Crippen molar-refractivity contribution in [2.75, 3.05) is 24.6 Å². The Kier molecular flexibility index (Phi) is 5.84. The molecule has 8 nitrogen and oxygen atoms in total. The summed E-state index contributed by atoms with van der Waals surface area (Å²) in [4.78, 5) is 29.7. The molecule has 1 saturated heterocycles. The van der Waals surface area contributed by atoms with Crippen LogP contribution in [0.2, 0.25) is 0 Å². The molecule has 5 rings (SSSR count). The third kappa shape index (κ3) is 4.60. The molecule has 1 fully saturated rings. The highest BCUT2D eigenvalue weighted by Gasteiger charge is 2.38. The second-order valence-corrected chi connectivity index (χ2v) is 11.2. The first-order chi connectivity index (χ1) is 15.9. The van der Waals surface area contributed by atoms with Gasteiger partial charge in [-0.05, 0) is 47.7 Å². The topological polar surface area (TPSA) is 98.8 Å². The molecule has 1 aromatic carbocycles. The van der Waals surface area contributed by atoms with Gasteiger partial charge in [-0.3, -0.25) is 9.69 Å². The fraction of sp³-hybridized carbons (Fsp3) is 0.417. The molecule has 9 heteroatoms. The highest BCUT2D eigenvalue weighted by molar-refractivity contribution is 7.91. The van der Waals surface area contributed by atoms with Gasteiger partial charge < -0.3 is 15.5 Å². The molecule has 0 aromatic heterocycles. The quantitative estimate of drug-likeness (QED) is 0.703. The Morgan fingerprint density at radius 3 is 2.52 bits per heavy atom. The van der Waals surface area contributed by atoms with Crippen LogP contribution in [0.15, 0.2) is 59.8 Å². The van der Waals surface area contributed by atoms with Crippen molar-refractivity contribution in [3.05, 3.63) is 71.0 Å². The number of carbonyl (C=O) groups excluding carboxylic acids is 2. The van der Waals surface area contributed by atoms with E-state index in [0.29, 0.717) is 19.5 Å². The van der Waals surface area contributed by atoms with Crippen molar-refractivity contribution in [1.82, 2.24) is 20.4 Å². The Balaban J connectivity index is 1.35. The van der Waals surface area contributed by atoms with E-state index in [0.717, 1.165) is 41.8 Å². The van der Waals surface area contributed by atoms with E-state index in [1.807, 2.05) is 36.4 Å². The predicted octanol–water partition coefficient (Wildman–Crippen LogP) is 1.67. The van der Waals surface area contributed by atoms with E-state index in [4.69, 9.17) is 0 Å². The number of sulfone groups is 1. The number of benzene rings is 1. The zero-order valence-corrected chi connectivity index (χ0v) is 19.2. The molecular formula is C24H28N4O4S. The smallest absolute Gasteiger partial charge is 0.316 e. The molecule has 0 bridgehead atoms. The molecule has 4 aliphatic heterocycles. The SMILES string of the molecule is O=C(NC1C=CC(C2=CCNCC2)=CN1C(=O)C1CCS(=O)(=O)C1)N1Cc2ccccc2C1. The van der Waals surface area contributed by atoms with Gasteiger partial charge in [0.15, 0.2) is 9.84 Å². The van der Waals surface area contributed by atoms with E-state index in [2.05, 4.69) is 16.7 Å². The average Bonchev–Trinajstić information content (AvgIpc) is 3.42. The summed E-state index contributed by atoms with van der Waals surface area (Å²) in [6, 6.07) is 7.70. The minimum absolute atomic E-state index is 0.0313. The van der Waals surface area contributed by atoms with Crippen molar-refractivity contribution in [3.8, 4) is 0 Å². The van der Waals surface area contributed by atoms with Gasteiger partial charge in [0.1, 0.15) is 6.17 Å². The number of nitrogens with one attached hydrogen (secondary N) is 2. The molecule has 174 valence electrons. The Hall–Kier alpha value is -2.91. The minimum atomic E-state index is -3.20. The molecule has 2 N–H and O–H groups in total. The Labute approximate surface area is 193 Å². The van der Waals surface area contributed by atoms with Crippen LogP contribution in [0.1, 0.15) is 24.0 Å². The predicted molar refractivity (Wildman–Crippen MR) is 124 cm³/mol. The number of hydrogen-bond donors (Lipinski definition) is 2. The third-order valence-electron chi connectivity index (χ3n) is 6.71. The third-order valence-corrected chi connectivity index (χ3v) is 8.47. The Morgan fingerprint density at radius 1 is 1.12 bits per heavy atom. The van der Waals surface area contributed by atoms with E-state index >= 15 is 0 Å². The van der Waals surface area contributed by atoms with Crippen molar-refractivity contribution in [2.45, 2.75) is 32.1 Å². The second-order valence-electron chi connectivity index (χ2n) is 8.99. The number of rotatable bonds is 3. The van der Waals surface area contributed by atoms with Gasteiger partial charge in [-0.1, -0.05) is 36.4 Å². The van der Waals surface area contributed by atoms with Crippen molar-refractivity contribution >= 4 is 21.8 Å². The number of nitrogens with zero attached hydrogens (tertiary/aromatic N) is 2. The van der Waals surface area contributed by atoms with Gasteiger partial charge in [0.2, 0.25) is 5.91 Å². The molecule has 0 spiro atoms. The molecule has 4 aliphatic rings. The van der Waals surface area contributed by atoms with Gasteiger partial charge in [-0.15, -0.1) is 0 Å². The van der Waals surface area contributed by atoms with Crippen LogP contribution in [-0.2, 0) is 27.7 Å². The van der Waals surface area contributed by atoms with Gasteiger partial charge in [-0.25, -0.2) is 13.2 Å². The zero-order valence-electron chi connectivity index (χ0n) is 18.4. The lowest BCUT2D eigenvalue weighted by Crippen LogP contribution is -2.52. The Bertz CT molecular complexity index is 1150. The van der Waals surface area contributed by atoms with Crippen LogP contribution < -0.4 is 10.6 Å². The van der Waals surface area contributed by atoms with Crippen molar-refractivity contribution < 1.29 is 18.0 Å². The van der Waals surface area contributed by atoms with Crippen LogP contribution in [0.5, 0.6) is 0 Å². The summed E-state index contributed by atoms with van der Waals surface area (Å²) in [5, 5.41) is 6.25. The standard InChI is InChI=1S/C24H28N4O4S/c29-23(21-9-12-33(31,32)16-21)28-15-20(17-7-10-25-11-8-17)5-6-22(28)26-24(30)27-13-18-3-1-2-4-19(18)14-27/h1-7,15,21-22,25H,8-14,16H2,(H,26,30). The zero-order chi connectivity index (χ0) is 23.0. The summed E-state index contributed by atoms with van der Waals surface area (Å²) in [6.45, 7) is 2.68. The molecule has 0 radical (unpaired) electrons. The summed E-state index contributed by atoms with van der Waals surface area (Å²) in [5.74, 6) is -0.952. The maximum Gasteiger partial charge on any atom is 0.319 e. The van der Waals surface area contributed by atoms with E-state index in [1.165, 1.54) is 4.90 Å². The van der Waals surface area contributed by atoms with Crippen molar-refractivity contribution in [3.63, 3.8) is 0 Å². The number of hydrogen-bond acceptors (Lipinski definition) is 5. The summed E-state index contributed by atoms with van der Waals surface area (Å²) in [7, 11) is -3.20. The number of fused-ring (bicyclic) bond motifs is 1. The maximum absolute atomic E-state index is 13.4. The molecule has 0 saturated carbocycles. The lowest BCUT2D eigenvalue weighted by Gasteiger charge is -2.34. The normalized spacial score (nSPS) is 25.9. The molecular weight excluding hydrogens is 440 g/mol. The summed E-state index contributed by atoms with van der Waals surface area (Å²) in [6.07, 6.45) is 8.13. The fourth-order valence-electron chi connectivity index (χ4n) is 4.85. The van der Waals surface area contributed by atoms with Crippen LogP contribution in [0, 0.1) is 5.92 Å². The van der Waals surface area contributed by atoms with Crippen molar-refractivity contribution in [2.24, 2.45) is 5.92 Å². The molecule has 33 heavy (non-hydrogen) atoms. The molecule has 1 aromatic rings.